The minimum atomic E-state index is -0.0590. The third-order valence-electron chi connectivity index (χ3n) is 5.69. The lowest BCUT2D eigenvalue weighted by atomic mass is 9.97. The van der Waals surface area contributed by atoms with Crippen LogP contribution in [-0.2, 0) is 27.4 Å². The highest BCUT2D eigenvalue weighted by atomic mass is 127. The van der Waals surface area contributed by atoms with Crippen molar-refractivity contribution in [3.8, 4) is 0 Å². The number of morpholine rings is 1. The molecule has 1 aromatic rings. The monoisotopic (exact) mass is 544 g/mol. The normalized spacial score (nSPS) is 18.4. The van der Waals surface area contributed by atoms with Crippen LogP contribution in [0.25, 0.3) is 0 Å². The topological polar surface area (TPSA) is 66.4 Å². The zero-order valence-corrected chi connectivity index (χ0v) is 21.2. The molecular formula is C23H37IN4O3. The molecule has 0 amide bonds. The van der Waals surface area contributed by atoms with E-state index in [9.17, 15) is 4.79 Å². The molecule has 0 aromatic heterocycles. The van der Waals surface area contributed by atoms with Crippen LogP contribution in [0, 0.1) is 5.92 Å². The number of hydrogen-bond donors (Lipinski definition) is 1. The molecule has 2 aliphatic heterocycles. The smallest absolute Gasteiger partial charge is 0.309 e. The molecule has 2 saturated heterocycles. The highest BCUT2D eigenvalue weighted by molar-refractivity contribution is 14.0. The number of piperidine rings is 1. The number of ether oxygens (including phenoxy) is 2. The van der Waals surface area contributed by atoms with Crippen LogP contribution in [0.2, 0.25) is 0 Å². The van der Waals surface area contributed by atoms with Crippen LogP contribution in [0.4, 0.5) is 0 Å². The molecule has 1 aromatic carbocycles. The van der Waals surface area contributed by atoms with E-state index in [-0.39, 0.29) is 35.9 Å². The molecule has 174 valence electrons. The summed E-state index contributed by atoms with van der Waals surface area (Å²) in [6.45, 7) is 12.2. The van der Waals surface area contributed by atoms with Gasteiger partial charge in [0.25, 0.3) is 0 Å². The molecule has 2 heterocycles. The second-order valence-electron chi connectivity index (χ2n) is 7.89. The zero-order chi connectivity index (χ0) is 21.2. The van der Waals surface area contributed by atoms with Gasteiger partial charge in [-0.1, -0.05) is 24.3 Å². The molecule has 0 aliphatic carbocycles. The zero-order valence-electron chi connectivity index (χ0n) is 18.8. The summed E-state index contributed by atoms with van der Waals surface area (Å²) in [6, 6.07) is 8.77. The molecule has 31 heavy (non-hydrogen) atoms. The molecule has 2 fully saturated rings. The van der Waals surface area contributed by atoms with Crippen LogP contribution in [0.3, 0.4) is 0 Å². The Morgan fingerprint density at radius 2 is 1.74 bits per heavy atom. The molecule has 3 rings (SSSR count). The van der Waals surface area contributed by atoms with Crippen molar-refractivity contribution in [3.05, 3.63) is 35.4 Å². The number of nitrogens with one attached hydrogen (secondary N) is 1. The van der Waals surface area contributed by atoms with E-state index in [1.807, 2.05) is 6.92 Å². The number of rotatable bonds is 7. The number of benzene rings is 1. The van der Waals surface area contributed by atoms with Gasteiger partial charge in [0, 0.05) is 39.3 Å². The Kier molecular flexibility index (Phi) is 11.6. The maximum Gasteiger partial charge on any atom is 0.309 e. The summed E-state index contributed by atoms with van der Waals surface area (Å²) in [7, 11) is 0. The number of guanidine groups is 1. The quantitative estimate of drug-likeness (QED) is 0.247. The largest absolute Gasteiger partial charge is 0.466 e. The molecule has 7 nitrogen and oxygen atoms in total. The summed E-state index contributed by atoms with van der Waals surface area (Å²) in [5.74, 6) is 0.886. The average Bonchev–Trinajstić information content (AvgIpc) is 2.79. The molecule has 0 bridgehead atoms. The highest BCUT2D eigenvalue weighted by Gasteiger charge is 2.27. The molecule has 0 radical (unpaired) electrons. The van der Waals surface area contributed by atoms with Gasteiger partial charge >= 0.3 is 5.97 Å². The maximum atomic E-state index is 12.0. The van der Waals surface area contributed by atoms with E-state index in [1.54, 1.807) is 0 Å². The average molecular weight is 544 g/mol. The van der Waals surface area contributed by atoms with Crippen LogP contribution in [0.1, 0.15) is 37.8 Å². The Hall–Kier alpha value is -1.39. The van der Waals surface area contributed by atoms with Crippen molar-refractivity contribution < 1.29 is 14.3 Å². The Labute approximate surface area is 203 Å². The fourth-order valence-corrected chi connectivity index (χ4v) is 3.95. The minimum absolute atomic E-state index is 0. The number of halogens is 1. The Morgan fingerprint density at radius 3 is 2.35 bits per heavy atom. The van der Waals surface area contributed by atoms with Gasteiger partial charge < -0.3 is 19.7 Å². The minimum Gasteiger partial charge on any atom is -0.466 e. The standard InChI is InChI=1S/C23H36N4O3.HI/c1-3-24-23(27-11-9-21(10-12-27)22(28)30-4-2)25-17-19-5-7-20(8-6-19)18-26-13-15-29-16-14-26;/h5-8,21H,3-4,9-18H2,1-2H3,(H,24,25);1H. The maximum absolute atomic E-state index is 12.0. The Bertz CT molecular complexity index is 685. The molecule has 0 spiro atoms. The van der Waals surface area contributed by atoms with Gasteiger partial charge in [-0.25, -0.2) is 4.99 Å². The van der Waals surface area contributed by atoms with E-state index in [0.717, 1.165) is 71.3 Å². The van der Waals surface area contributed by atoms with Gasteiger partial charge in [0.15, 0.2) is 5.96 Å². The van der Waals surface area contributed by atoms with Gasteiger partial charge in [0.05, 0.1) is 32.3 Å². The number of nitrogens with zero attached hydrogens (tertiary/aromatic N) is 3. The second kappa shape index (κ2) is 13.9. The summed E-state index contributed by atoms with van der Waals surface area (Å²) >= 11 is 0. The Morgan fingerprint density at radius 1 is 1.10 bits per heavy atom. The van der Waals surface area contributed by atoms with E-state index in [1.165, 1.54) is 11.1 Å². The second-order valence-corrected chi connectivity index (χ2v) is 7.89. The number of aliphatic imine (C=N–C) groups is 1. The van der Waals surface area contributed by atoms with E-state index in [2.05, 4.69) is 46.3 Å². The first-order valence-electron chi connectivity index (χ1n) is 11.3. The van der Waals surface area contributed by atoms with Gasteiger partial charge in [0.2, 0.25) is 0 Å². The number of hydrogen-bond acceptors (Lipinski definition) is 5. The third kappa shape index (κ3) is 8.23. The molecule has 8 heteroatoms. The molecule has 0 saturated carbocycles. The predicted molar refractivity (Wildman–Crippen MR) is 134 cm³/mol. The van der Waals surface area contributed by atoms with Crippen molar-refractivity contribution in [2.45, 2.75) is 39.8 Å². The molecule has 0 unspecified atom stereocenters. The van der Waals surface area contributed by atoms with Crippen molar-refractivity contribution in [1.82, 2.24) is 15.1 Å². The van der Waals surface area contributed by atoms with Gasteiger partial charge in [-0.3, -0.25) is 9.69 Å². The number of carbonyl (C=O) groups excluding carboxylic acids is 1. The van der Waals surface area contributed by atoms with Gasteiger partial charge in [0.1, 0.15) is 0 Å². The summed E-state index contributed by atoms with van der Waals surface area (Å²) in [5, 5.41) is 3.40. The summed E-state index contributed by atoms with van der Waals surface area (Å²) < 4.78 is 10.6. The third-order valence-corrected chi connectivity index (χ3v) is 5.69. The fraction of sp³-hybridized carbons (Fsp3) is 0.652. The lowest BCUT2D eigenvalue weighted by Gasteiger charge is -2.33. The van der Waals surface area contributed by atoms with Crippen molar-refractivity contribution in [2.24, 2.45) is 10.9 Å². The first kappa shape index (κ1) is 25.9. The van der Waals surface area contributed by atoms with Gasteiger partial charge in [-0.05, 0) is 37.8 Å². The van der Waals surface area contributed by atoms with Crippen molar-refractivity contribution in [1.29, 1.82) is 0 Å². The number of likely N-dealkylation sites (tertiary alicyclic amines) is 1. The highest BCUT2D eigenvalue weighted by Crippen LogP contribution is 2.19. The van der Waals surface area contributed by atoms with Gasteiger partial charge in [-0.15, -0.1) is 24.0 Å². The van der Waals surface area contributed by atoms with E-state index < -0.39 is 0 Å². The van der Waals surface area contributed by atoms with Crippen LogP contribution in [0.5, 0.6) is 0 Å². The van der Waals surface area contributed by atoms with Crippen molar-refractivity contribution in [2.75, 3.05) is 52.5 Å². The summed E-state index contributed by atoms with van der Waals surface area (Å²) in [4.78, 5) is 21.5. The predicted octanol–water partition coefficient (Wildman–Crippen LogP) is 2.88. The first-order chi connectivity index (χ1) is 14.7. The molecular weight excluding hydrogens is 507 g/mol. The lowest BCUT2D eigenvalue weighted by molar-refractivity contribution is -0.149. The van der Waals surface area contributed by atoms with Crippen LogP contribution < -0.4 is 5.32 Å². The number of esters is 1. The van der Waals surface area contributed by atoms with Crippen LogP contribution in [0.15, 0.2) is 29.3 Å². The van der Waals surface area contributed by atoms with Crippen molar-refractivity contribution in [3.63, 3.8) is 0 Å². The molecule has 1 N–H and O–H groups in total. The van der Waals surface area contributed by atoms with E-state index in [4.69, 9.17) is 14.5 Å². The van der Waals surface area contributed by atoms with E-state index >= 15 is 0 Å². The van der Waals surface area contributed by atoms with Crippen LogP contribution in [-0.4, -0.2) is 74.3 Å². The van der Waals surface area contributed by atoms with Gasteiger partial charge in [-0.2, -0.15) is 0 Å². The Balaban J connectivity index is 0.00000341. The summed E-state index contributed by atoms with van der Waals surface area (Å²) in [6.07, 6.45) is 1.64. The molecule has 0 atom stereocenters. The number of carbonyl (C=O) groups is 1. The van der Waals surface area contributed by atoms with Crippen LogP contribution >= 0.6 is 24.0 Å². The summed E-state index contributed by atoms with van der Waals surface area (Å²) in [5.41, 5.74) is 2.54. The fourth-order valence-electron chi connectivity index (χ4n) is 3.95. The first-order valence-corrected chi connectivity index (χ1v) is 11.3. The lowest BCUT2D eigenvalue weighted by Crippen LogP contribution is -2.46. The molecule has 2 aliphatic rings. The van der Waals surface area contributed by atoms with E-state index in [0.29, 0.717) is 13.2 Å². The van der Waals surface area contributed by atoms with Crippen molar-refractivity contribution >= 4 is 35.9 Å². The SMILES string of the molecule is CCNC(=NCc1ccc(CN2CCOCC2)cc1)N1CCC(C(=O)OCC)CC1.I.